The molecule has 0 unspecified atom stereocenters. The zero-order valence-corrected chi connectivity index (χ0v) is 9.74. The molecule has 0 saturated carbocycles. The van der Waals surface area contributed by atoms with E-state index in [2.05, 4.69) is 4.98 Å². The molecule has 1 aliphatic heterocycles. The number of aliphatic hydroxyl groups is 2. The van der Waals surface area contributed by atoms with Crippen molar-refractivity contribution in [3.63, 3.8) is 0 Å². The van der Waals surface area contributed by atoms with Gasteiger partial charge in [0.2, 0.25) is 0 Å². The molecule has 1 aromatic heterocycles. The molecule has 7 heteroatoms. The maximum absolute atomic E-state index is 11.6. The monoisotopic (exact) mass is 254 g/mol. The lowest BCUT2D eigenvalue weighted by molar-refractivity contribution is -0.105. The second-order valence-electron chi connectivity index (χ2n) is 4.10. The average Bonchev–Trinajstić information content (AvgIpc) is 2.35. The first-order valence-electron chi connectivity index (χ1n) is 5.47. The number of nitrogens with one attached hydrogen (secondary N) is 1. The highest BCUT2D eigenvalue weighted by Gasteiger charge is 2.26. The van der Waals surface area contributed by atoms with Crippen LogP contribution in [0.15, 0.2) is 27.9 Å². The standard InChI is InChI=1S/C11H14N2O5/c1-6-4-13(11(17)12-10(6)16)9-3-2-7(15)8(5-14)18-9/h2-4,7-9,14-15H,5H2,1H3,(H,12,16,17)/t7-,8+,9+/m0/s1. The van der Waals surface area contributed by atoms with Gasteiger partial charge in [0.25, 0.3) is 5.56 Å². The number of rotatable bonds is 2. The Bertz CT molecular complexity index is 574. The molecule has 0 spiro atoms. The predicted molar refractivity (Wildman–Crippen MR) is 62.2 cm³/mol. The Morgan fingerprint density at radius 1 is 1.44 bits per heavy atom. The van der Waals surface area contributed by atoms with Crippen molar-refractivity contribution in [3.05, 3.63) is 44.8 Å². The third kappa shape index (κ3) is 2.28. The van der Waals surface area contributed by atoms with E-state index < -0.39 is 29.7 Å². The van der Waals surface area contributed by atoms with Gasteiger partial charge in [-0.2, -0.15) is 0 Å². The van der Waals surface area contributed by atoms with Crippen LogP contribution < -0.4 is 11.2 Å². The summed E-state index contributed by atoms with van der Waals surface area (Å²) in [6.07, 6.45) is 1.86. The second kappa shape index (κ2) is 4.89. The minimum Gasteiger partial charge on any atom is -0.394 e. The van der Waals surface area contributed by atoms with Crippen molar-refractivity contribution in [2.24, 2.45) is 0 Å². The van der Waals surface area contributed by atoms with Gasteiger partial charge in [-0.25, -0.2) is 4.79 Å². The lowest BCUT2D eigenvalue weighted by Crippen LogP contribution is -2.40. The van der Waals surface area contributed by atoms with Crippen molar-refractivity contribution in [1.82, 2.24) is 9.55 Å². The zero-order chi connectivity index (χ0) is 13.3. The van der Waals surface area contributed by atoms with E-state index in [1.807, 2.05) is 0 Å². The molecule has 0 saturated heterocycles. The third-order valence-corrected chi connectivity index (χ3v) is 2.77. The second-order valence-corrected chi connectivity index (χ2v) is 4.10. The van der Waals surface area contributed by atoms with Gasteiger partial charge in [-0.05, 0) is 13.0 Å². The van der Waals surface area contributed by atoms with E-state index in [9.17, 15) is 14.7 Å². The summed E-state index contributed by atoms with van der Waals surface area (Å²) in [4.78, 5) is 25.0. The topological polar surface area (TPSA) is 105 Å². The van der Waals surface area contributed by atoms with Gasteiger partial charge in [-0.15, -0.1) is 0 Å². The average molecular weight is 254 g/mol. The van der Waals surface area contributed by atoms with Gasteiger partial charge in [0.05, 0.1) is 6.61 Å². The van der Waals surface area contributed by atoms with Crippen molar-refractivity contribution in [2.75, 3.05) is 6.61 Å². The first kappa shape index (κ1) is 12.7. The Labute approximate surface area is 102 Å². The Kier molecular flexibility index (Phi) is 3.46. The number of hydrogen-bond acceptors (Lipinski definition) is 5. The van der Waals surface area contributed by atoms with E-state index in [4.69, 9.17) is 9.84 Å². The molecule has 0 aliphatic carbocycles. The molecule has 18 heavy (non-hydrogen) atoms. The van der Waals surface area contributed by atoms with Crippen LogP contribution >= 0.6 is 0 Å². The Balaban J connectivity index is 2.39. The summed E-state index contributed by atoms with van der Waals surface area (Å²) in [7, 11) is 0. The number of hydrogen-bond donors (Lipinski definition) is 3. The molecule has 0 aromatic carbocycles. The van der Waals surface area contributed by atoms with Crippen LogP contribution in [0.25, 0.3) is 0 Å². The van der Waals surface area contributed by atoms with Gasteiger partial charge < -0.3 is 14.9 Å². The summed E-state index contributed by atoms with van der Waals surface area (Å²) in [6.45, 7) is 1.21. The lowest BCUT2D eigenvalue weighted by Gasteiger charge is -2.29. The summed E-state index contributed by atoms with van der Waals surface area (Å²) >= 11 is 0. The number of ether oxygens (including phenoxy) is 1. The van der Waals surface area contributed by atoms with Gasteiger partial charge in [0.1, 0.15) is 12.2 Å². The van der Waals surface area contributed by atoms with Crippen LogP contribution in [-0.2, 0) is 4.74 Å². The van der Waals surface area contributed by atoms with Gasteiger partial charge in [0, 0.05) is 11.8 Å². The Morgan fingerprint density at radius 2 is 2.17 bits per heavy atom. The number of aliphatic hydroxyl groups excluding tert-OH is 2. The normalized spacial score (nSPS) is 27.4. The molecule has 98 valence electrons. The van der Waals surface area contributed by atoms with E-state index in [1.54, 1.807) is 6.92 Å². The first-order chi connectivity index (χ1) is 8.52. The molecule has 0 radical (unpaired) electrons. The van der Waals surface area contributed by atoms with Gasteiger partial charge in [-0.3, -0.25) is 14.3 Å². The van der Waals surface area contributed by atoms with Gasteiger partial charge in [0.15, 0.2) is 6.23 Å². The van der Waals surface area contributed by atoms with Crippen LogP contribution in [0.1, 0.15) is 11.8 Å². The molecule has 3 N–H and O–H groups in total. The number of aromatic amines is 1. The maximum Gasteiger partial charge on any atom is 0.330 e. The molecular weight excluding hydrogens is 240 g/mol. The fourth-order valence-corrected chi connectivity index (χ4v) is 1.72. The summed E-state index contributed by atoms with van der Waals surface area (Å²) in [5, 5.41) is 18.5. The Morgan fingerprint density at radius 3 is 2.83 bits per heavy atom. The van der Waals surface area contributed by atoms with Gasteiger partial charge in [-0.1, -0.05) is 6.08 Å². The number of H-pyrrole nitrogens is 1. The summed E-state index contributed by atoms with van der Waals surface area (Å²) in [5.41, 5.74) is -0.679. The quantitative estimate of drug-likeness (QED) is 0.566. The fraction of sp³-hybridized carbons (Fsp3) is 0.455. The van der Waals surface area contributed by atoms with Crippen molar-refractivity contribution in [1.29, 1.82) is 0 Å². The van der Waals surface area contributed by atoms with E-state index in [0.717, 1.165) is 0 Å². The molecule has 0 bridgehead atoms. The number of aryl methyl sites for hydroxylation is 1. The van der Waals surface area contributed by atoms with E-state index in [0.29, 0.717) is 5.56 Å². The number of nitrogens with zero attached hydrogens (tertiary/aromatic N) is 1. The highest BCUT2D eigenvalue weighted by molar-refractivity contribution is 5.06. The smallest absolute Gasteiger partial charge is 0.330 e. The molecule has 2 rings (SSSR count). The maximum atomic E-state index is 11.6. The van der Waals surface area contributed by atoms with E-state index in [-0.39, 0.29) is 6.61 Å². The first-order valence-corrected chi connectivity index (χ1v) is 5.47. The Hall–Kier alpha value is -1.70. The molecule has 7 nitrogen and oxygen atoms in total. The van der Waals surface area contributed by atoms with Crippen molar-refractivity contribution >= 4 is 0 Å². The van der Waals surface area contributed by atoms with Crippen LogP contribution in [0.2, 0.25) is 0 Å². The van der Waals surface area contributed by atoms with Crippen molar-refractivity contribution in [3.8, 4) is 0 Å². The van der Waals surface area contributed by atoms with Gasteiger partial charge >= 0.3 is 5.69 Å². The molecule has 0 fully saturated rings. The van der Waals surface area contributed by atoms with Crippen molar-refractivity contribution < 1.29 is 14.9 Å². The van der Waals surface area contributed by atoms with Crippen LogP contribution in [0.4, 0.5) is 0 Å². The van der Waals surface area contributed by atoms with Crippen LogP contribution in [0.5, 0.6) is 0 Å². The zero-order valence-electron chi connectivity index (χ0n) is 9.74. The molecule has 3 atom stereocenters. The highest BCUT2D eigenvalue weighted by Crippen LogP contribution is 2.19. The summed E-state index contributed by atoms with van der Waals surface area (Å²) < 4.78 is 6.56. The lowest BCUT2D eigenvalue weighted by atomic mass is 10.1. The molecule has 2 heterocycles. The SMILES string of the molecule is Cc1cn([C@H]2C=C[C@H](O)[C@@H](CO)O2)c(=O)[nH]c1=O. The fourth-order valence-electron chi connectivity index (χ4n) is 1.72. The van der Waals surface area contributed by atoms with Crippen LogP contribution in [0, 0.1) is 6.92 Å². The summed E-state index contributed by atoms with van der Waals surface area (Å²) in [6, 6.07) is 0. The summed E-state index contributed by atoms with van der Waals surface area (Å²) in [5.74, 6) is 0. The largest absolute Gasteiger partial charge is 0.394 e. The molecule has 1 aromatic rings. The minimum atomic E-state index is -0.911. The number of aromatic nitrogens is 2. The van der Waals surface area contributed by atoms with Crippen LogP contribution in [0.3, 0.4) is 0 Å². The molecule has 0 amide bonds. The third-order valence-electron chi connectivity index (χ3n) is 2.77. The molecule has 1 aliphatic rings. The van der Waals surface area contributed by atoms with E-state index >= 15 is 0 Å². The van der Waals surface area contributed by atoms with Crippen molar-refractivity contribution in [2.45, 2.75) is 25.4 Å². The van der Waals surface area contributed by atoms with E-state index in [1.165, 1.54) is 22.9 Å². The minimum absolute atomic E-state index is 0.362. The molecular formula is C11H14N2O5. The highest BCUT2D eigenvalue weighted by atomic mass is 16.5. The predicted octanol–water partition coefficient (Wildman–Crippen LogP) is -1.35. The van der Waals surface area contributed by atoms with Crippen LogP contribution in [-0.4, -0.2) is 38.6 Å².